The number of nitrogens with one attached hydrogen (secondary N) is 1. The number of halogens is 1. The lowest BCUT2D eigenvalue weighted by atomic mass is 10.4. The number of aromatic nitrogens is 1. The van der Waals surface area contributed by atoms with Gasteiger partial charge in [-0.2, -0.15) is 0 Å². The van der Waals surface area contributed by atoms with Crippen molar-refractivity contribution in [2.45, 2.75) is 0 Å². The van der Waals surface area contributed by atoms with E-state index in [1.54, 1.807) is 20.2 Å². The van der Waals surface area contributed by atoms with Crippen LogP contribution in [0.1, 0.15) is 0 Å². The minimum atomic E-state index is -2.94. The van der Waals surface area contributed by atoms with E-state index >= 15 is 0 Å². The first-order chi connectivity index (χ1) is 9.26. The highest BCUT2D eigenvalue weighted by Crippen LogP contribution is 2.44. The lowest BCUT2D eigenvalue weighted by Crippen LogP contribution is -2.21. The molecule has 7 nitrogen and oxygen atoms in total. The van der Waals surface area contributed by atoms with Crippen LogP contribution in [0.5, 0.6) is 5.75 Å². The van der Waals surface area contributed by atoms with Gasteiger partial charge in [0.1, 0.15) is 6.61 Å². The highest BCUT2D eigenvalue weighted by molar-refractivity contribution is 9.10. The van der Waals surface area contributed by atoms with Crippen molar-refractivity contribution in [2.24, 2.45) is 0 Å². The highest BCUT2D eigenvalue weighted by atomic mass is 79.9. The van der Waals surface area contributed by atoms with Gasteiger partial charge in [0.25, 0.3) is 13.4 Å². The van der Waals surface area contributed by atoms with Gasteiger partial charge in [0.2, 0.25) is 0 Å². The predicted molar refractivity (Wildman–Crippen MR) is 80.3 cm³/mol. The minimum absolute atomic E-state index is 0.278. The molecule has 1 amide bonds. The van der Waals surface area contributed by atoms with Crippen molar-refractivity contribution in [3.63, 3.8) is 0 Å². The number of pyridine rings is 1. The average Bonchev–Trinajstić information content (AvgIpc) is 2.38. The topological polar surface area (TPSA) is 80.8 Å². The van der Waals surface area contributed by atoms with Gasteiger partial charge < -0.3 is 14.6 Å². The van der Waals surface area contributed by atoms with Gasteiger partial charge in [0, 0.05) is 17.3 Å². The van der Waals surface area contributed by atoms with Crippen LogP contribution in [0.3, 0.4) is 0 Å². The zero-order valence-electron chi connectivity index (χ0n) is 11.7. The summed E-state index contributed by atoms with van der Waals surface area (Å²) in [7, 11) is 1.78. The molecule has 0 saturated heterocycles. The van der Waals surface area contributed by atoms with Crippen LogP contribution in [-0.2, 0) is 13.9 Å². The first-order valence-electron chi connectivity index (χ1n) is 5.65. The van der Waals surface area contributed by atoms with Gasteiger partial charge >= 0.3 is 0 Å². The van der Waals surface area contributed by atoms with Gasteiger partial charge in [-0.1, -0.05) is 0 Å². The third-order valence-electron chi connectivity index (χ3n) is 2.46. The van der Waals surface area contributed by atoms with Crippen LogP contribution in [0.15, 0.2) is 16.7 Å². The third-order valence-corrected chi connectivity index (χ3v) is 4.95. The summed E-state index contributed by atoms with van der Waals surface area (Å²) in [6.45, 7) is 1.12. The molecule has 0 saturated carbocycles. The molecule has 1 N–H and O–H groups in total. The molecule has 9 heteroatoms. The molecular weight excluding hydrogens is 349 g/mol. The van der Waals surface area contributed by atoms with Gasteiger partial charge in [0.05, 0.1) is 7.11 Å². The number of nitrogens with zero attached hydrogens (tertiary/aromatic N) is 2. The van der Waals surface area contributed by atoms with E-state index in [4.69, 9.17) is 9.26 Å². The second kappa shape index (κ2) is 7.17. The molecule has 1 unspecified atom stereocenters. The Balaban J connectivity index is 2.66. The fourth-order valence-electron chi connectivity index (χ4n) is 1.13. The van der Waals surface area contributed by atoms with Crippen molar-refractivity contribution in [3.8, 4) is 5.75 Å². The van der Waals surface area contributed by atoms with Crippen molar-refractivity contribution >= 4 is 35.2 Å². The molecule has 1 heterocycles. The fraction of sp³-hybridized carbons (Fsp3) is 0.455. The highest BCUT2D eigenvalue weighted by Gasteiger charge is 2.21. The van der Waals surface area contributed by atoms with Crippen LogP contribution in [-0.4, -0.2) is 50.0 Å². The lowest BCUT2D eigenvalue weighted by molar-refractivity contribution is -0.118. The van der Waals surface area contributed by atoms with E-state index in [0.717, 1.165) is 4.47 Å². The van der Waals surface area contributed by atoms with E-state index < -0.39 is 13.4 Å². The Morgan fingerprint density at radius 2 is 2.20 bits per heavy atom. The summed E-state index contributed by atoms with van der Waals surface area (Å²) in [6, 6.07) is 1.67. The van der Waals surface area contributed by atoms with Crippen LogP contribution < -0.4 is 10.1 Å². The summed E-state index contributed by atoms with van der Waals surface area (Å²) in [5.41, 5.74) is 0. The molecule has 0 radical (unpaired) electrons. The van der Waals surface area contributed by atoms with E-state index in [9.17, 15) is 9.36 Å². The normalized spacial score (nSPS) is 13.9. The number of amides is 1. The molecule has 0 bridgehead atoms. The first kappa shape index (κ1) is 17.1. The summed E-state index contributed by atoms with van der Waals surface area (Å²) < 4.78 is 24.3. The molecule has 20 heavy (non-hydrogen) atoms. The lowest BCUT2D eigenvalue weighted by Gasteiger charge is -2.20. The van der Waals surface area contributed by atoms with Gasteiger partial charge in [-0.3, -0.25) is 9.36 Å². The maximum Gasteiger partial charge on any atom is 0.269 e. The van der Waals surface area contributed by atoms with Crippen LogP contribution in [0.4, 0.5) is 5.82 Å². The van der Waals surface area contributed by atoms with Crippen LogP contribution >= 0.6 is 23.4 Å². The van der Waals surface area contributed by atoms with E-state index in [2.05, 4.69) is 26.2 Å². The summed E-state index contributed by atoms with van der Waals surface area (Å²) in [5.74, 6) is 0.238. The smallest absolute Gasteiger partial charge is 0.269 e. The molecule has 1 aromatic rings. The molecule has 0 spiro atoms. The second-order valence-corrected chi connectivity index (χ2v) is 7.76. The molecule has 1 aromatic heterocycles. The number of carbonyl (C=O) groups excluding carboxylic acids is 1. The van der Waals surface area contributed by atoms with Crippen LogP contribution in [0.2, 0.25) is 0 Å². The van der Waals surface area contributed by atoms with Gasteiger partial charge in [-0.15, -0.1) is 0 Å². The fourth-order valence-corrected chi connectivity index (χ4v) is 2.03. The minimum Gasteiger partial charge on any atom is -0.493 e. The molecule has 1 atom stereocenters. The summed E-state index contributed by atoms with van der Waals surface area (Å²) in [4.78, 5) is 15.8. The zero-order valence-corrected chi connectivity index (χ0v) is 14.2. The van der Waals surface area contributed by atoms with Gasteiger partial charge in [-0.25, -0.2) is 9.65 Å². The van der Waals surface area contributed by atoms with Gasteiger partial charge in [-0.05, 0) is 36.1 Å². The predicted octanol–water partition coefficient (Wildman–Crippen LogP) is 2.19. The number of methoxy groups -OCH3 is 1. The molecule has 0 aromatic carbocycles. The van der Waals surface area contributed by atoms with Gasteiger partial charge in [0.15, 0.2) is 11.6 Å². The van der Waals surface area contributed by atoms with E-state index in [1.807, 2.05) is 0 Å². The first-order valence-corrected chi connectivity index (χ1v) is 8.47. The maximum atomic E-state index is 11.9. The number of hydrogen-bond donors (Lipinski definition) is 1. The van der Waals surface area contributed by atoms with Crippen LogP contribution in [0, 0.1) is 0 Å². The Bertz CT molecular complexity index is 538. The van der Waals surface area contributed by atoms with Crippen LogP contribution in [0.25, 0.3) is 0 Å². The van der Waals surface area contributed by atoms with Crippen molar-refractivity contribution < 1.29 is 18.6 Å². The average molecular weight is 366 g/mol. The Labute approximate surface area is 126 Å². The Morgan fingerprint density at radius 1 is 1.55 bits per heavy atom. The third kappa shape index (κ3) is 4.86. The largest absolute Gasteiger partial charge is 0.493 e. The Hall–Kier alpha value is -0.950. The maximum absolute atomic E-state index is 11.9. The number of hydrogen-bond acceptors (Lipinski definition) is 5. The molecule has 0 aliphatic carbocycles. The standard InChI is InChI=1S/C11H17BrN3O4P/c1-15(2)20(4,17)19-7-10(16)14-11-9(18-3)5-8(12)6-13-11/h5-6H,7H2,1-4H3,(H,13,14,16). The zero-order chi connectivity index (χ0) is 15.3. The molecule has 112 valence electrons. The molecule has 0 fully saturated rings. The number of ether oxygens (including phenoxy) is 1. The van der Waals surface area contributed by atoms with E-state index in [1.165, 1.54) is 24.6 Å². The molecular formula is C11H17BrN3O4P. The number of anilines is 1. The second-order valence-electron chi connectivity index (χ2n) is 4.18. The quantitative estimate of drug-likeness (QED) is 0.778. The Kier molecular flexibility index (Phi) is 6.13. The monoisotopic (exact) mass is 365 g/mol. The van der Waals surface area contributed by atoms with Crippen molar-refractivity contribution in [3.05, 3.63) is 16.7 Å². The Morgan fingerprint density at radius 3 is 2.75 bits per heavy atom. The molecule has 0 aliphatic rings. The molecule has 0 aliphatic heterocycles. The molecule has 1 rings (SSSR count). The van der Waals surface area contributed by atoms with Crippen molar-refractivity contribution in [1.29, 1.82) is 0 Å². The van der Waals surface area contributed by atoms with Crippen molar-refractivity contribution in [2.75, 3.05) is 39.8 Å². The van der Waals surface area contributed by atoms with E-state index in [0.29, 0.717) is 5.75 Å². The summed E-state index contributed by atoms with van der Waals surface area (Å²) in [6.07, 6.45) is 1.53. The van der Waals surface area contributed by atoms with E-state index in [-0.39, 0.29) is 12.4 Å². The van der Waals surface area contributed by atoms with Crippen molar-refractivity contribution in [1.82, 2.24) is 9.65 Å². The summed E-state index contributed by atoms with van der Waals surface area (Å²) >= 11 is 3.25. The SMILES string of the molecule is COc1cc(Br)cnc1NC(=O)COP(C)(=O)N(C)C. The number of carbonyl (C=O) groups is 1. The number of rotatable bonds is 6. The summed E-state index contributed by atoms with van der Waals surface area (Å²) in [5, 5.41) is 2.54.